The predicted molar refractivity (Wildman–Crippen MR) is 128 cm³/mol. The van der Waals surface area contributed by atoms with Gasteiger partial charge in [0, 0.05) is 0 Å². The van der Waals surface area contributed by atoms with Crippen LogP contribution in [-0.4, -0.2) is 45.9 Å². The Morgan fingerprint density at radius 3 is 2.57 bits per heavy atom. The van der Waals surface area contributed by atoms with E-state index in [1.807, 2.05) is 20.0 Å². The minimum absolute atomic E-state index is 0.179. The average Bonchev–Trinajstić information content (AvgIpc) is 3.10. The van der Waals surface area contributed by atoms with Crippen molar-refractivity contribution in [2.24, 2.45) is 16.3 Å². The van der Waals surface area contributed by atoms with Crippen molar-refractivity contribution in [1.29, 1.82) is 0 Å². The molecule has 1 aromatic rings. The SMILES string of the molecule is B=C=CC(C)CC#C/C(=C/N=C)C(=O)NCCC1(CCNC)Cc2ccccc2C1. The third kappa shape index (κ3) is 6.99. The molecule has 5 heteroatoms. The van der Waals surface area contributed by atoms with Gasteiger partial charge >= 0.3 is 108 Å². The number of nitrogens with zero attached hydrogens (tertiary/aromatic N) is 1. The average molecular weight is 401 g/mol. The third-order valence-corrected chi connectivity index (χ3v) is 5.61. The molecule has 0 bridgehead atoms. The van der Waals surface area contributed by atoms with Gasteiger partial charge in [0.05, 0.1) is 0 Å². The van der Waals surface area contributed by atoms with Gasteiger partial charge in [0.2, 0.25) is 0 Å². The van der Waals surface area contributed by atoms with Crippen molar-refractivity contribution < 1.29 is 4.79 Å². The van der Waals surface area contributed by atoms with E-state index in [0.717, 1.165) is 32.2 Å². The standard InChI is InChI=1S/C25H32BN3O/c1-20(11-14-26)7-6-10-23(19-28-3)24(30)29-16-13-25(12-15-27-2)17-21-8-4-5-9-22(21)18-25/h4-5,8-9,11,19-20,26-27H,3,7,12-13,15-18H2,1-2H3,(H,29,30)/b23-19-. The van der Waals surface area contributed by atoms with Crippen LogP contribution < -0.4 is 10.6 Å². The second-order valence-electron chi connectivity index (χ2n) is 8.06. The third-order valence-electron chi connectivity index (χ3n) is 5.61. The quantitative estimate of drug-likeness (QED) is 0.274. The Balaban J connectivity index is 1.97. The predicted octanol–water partition coefficient (Wildman–Crippen LogP) is 2.36. The molecule has 0 spiro atoms. The van der Waals surface area contributed by atoms with Gasteiger partial charge in [-0.3, -0.25) is 0 Å². The first-order valence-corrected chi connectivity index (χ1v) is 10.5. The minimum Gasteiger partial charge on any atom is -0.320 e. The first kappa shape index (κ1) is 23.6. The molecule has 0 radical (unpaired) electrons. The Kier molecular flexibility index (Phi) is 9.54. The van der Waals surface area contributed by atoms with E-state index in [0.29, 0.717) is 18.5 Å². The number of hydrogen-bond donors (Lipinski definition) is 2. The van der Waals surface area contributed by atoms with Gasteiger partial charge in [-0.15, -0.1) is 0 Å². The molecule has 2 N–H and O–H groups in total. The maximum atomic E-state index is 12.6. The number of amides is 1. The summed E-state index contributed by atoms with van der Waals surface area (Å²) in [6.45, 7) is 7.08. The van der Waals surface area contributed by atoms with E-state index >= 15 is 0 Å². The molecular formula is C25H32BN3O. The maximum absolute atomic E-state index is 12.6. The molecule has 0 saturated heterocycles. The molecule has 2 rings (SSSR count). The van der Waals surface area contributed by atoms with Crippen LogP contribution in [0, 0.1) is 23.2 Å². The Labute approximate surface area is 182 Å². The number of allylic oxidation sites excluding steroid dienone is 1. The summed E-state index contributed by atoms with van der Waals surface area (Å²) in [6.07, 6.45) is 8.07. The number of rotatable bonds is 10. The first-order chi connectivity index (χ1) is 14.5. The Bertz CT molecular complexity index is 862. The molecule has 0 saturated carbocycles. The van der Waals surface area contributed by atoms with Crippen molar-refractivity contribution in [3.05, 3.63) is 53.2 Å². The fourth-order valence-corrected chi connectivity index (χ4v) is 3.98. The van der Waals surface area contributed by atoms with E-state index in [1.165, 1.54) is 17.3 Å². The van der Waals surface area contributed by atoms with Crippen LogP contribution in [0.2, 0.25) is 0 Å². The summed E-state index contributed by atoms with van der Waals surface area (Å²) in [5.74, 6) is 6.02. The second-order valence-corrected chi connectivity index (χ2v) is 8.06. The molecule has 4 nitrogen and oxygen atoms in total. The Morgan fingerprint density at radius 2 is 1.97 bits per heavy atom. The zero-order valence-corrected chi connectivity index (χ0v) is 18.3. The van der Waals surface area contributed by atoms with Gasteiger partial charge in [-0.25, -0.2) is 0 Å². The van der Waals surface area contributed by atoms with Crippen LogP contribution in [0.3, 0.4) is 0 Å². The van der Waals surface area contributed by atoms with Crippen molar-refractivity contribution in [1.82, 2.24) is 10.6 Å². The van der Waals surface area contributed by atoms with Gasteiger partial charge in [0.1, 0.15) is 0 Å². The monoisotopic (exact) mass is 401 g/mol. The van der Waals surface area contributed by atoms with E-state index in [1.54, 1.807) is 0 Å². The Morgan fingerprint density at radius 1 is 1.30 bits per heavy atom. The number of carbonyl (C=O) groups is 1. The van der Waals surface area contributed by atoms with E-state index in [4.69, 9.17) is 0 Å². The Hall–Kier alpha value is -2.67. The first-order valence-electron chi connectivity index (χ1n) is 10.5. The van der Waals surface area contributed by atoms with Crippen molar-refractivity contribution in [2.45, 2.75) is 39.0 Å². The molecule has 30 heavy (non-hydrogen) atoms. The normalized spacial score (nSPS) is 15.2. The number of nitrogens with one attached hydrogen (secondary N) is 2. The van der Waals surface area contributed by atoms with Crippen molar-refractivity contribution >= 4 is 25.7 Å². The van der Waals surface area contributed by atoms with Crippen LogP contribution in [0.4, 0.5) is 0 Å². The van der Waals surface area contributed by atoms with E-state index in [9.17, 15) is 4.79 Å². The zero-order valence-electron chi connectivity index (χ0n) is 18.3. The van der Waals surface area contributed by atoms with Gasteiger partial charge in [-0.2, -0.15) is 0 Å². The zero-order chi connectivity index (χ0) is 21.8. The van der Waals surface area contributed by atoms with Crippen molar-refractivity contribution in [2.75, 3.05) is 20.1 Å². The van der Waals surface area contributed by atoms with Gasteiger partial charge in [0.25, 0.3) is 0 Å². The summed E-state index contributed by atoms with van der Waals surface area (Å²) >= 11 is 0. The summed E-state index contributed by atoms with van der Waals surface area (Å²) in [4.78, 5) is 16.4. The van der Waals surface area contributed by atoms with Gasteiger partial charge in [-0.05, 0) is 44.0 Å². The van der Waals surface area contributed by atoms with Crippen LogP contribution in [0.15, 0.2) is 47.1 Å². The van der Waals surface area contributed by atoms with Gasteiger partial charge in [-0.1, -0.05) is 24.3 Å². The fraction of sp³-hybridized carbons (Fsp3) is 0.440. The number of aliphatic imine (C=N–C) groups is 1. The molecule has 156 valence electrons. The van der Waals surface area contributed by atoms with E-state index in [2.05, 4.69) is 71.6 Å². The van der Waals surface area contributed by atoms with Crippen LogP contribution in [0.25, 0.3) is 0 Å². The molecule has 0 aliphatic heterocycles. The van der Waals surface area contributed by atoms with E-state index in [-0.39, 0.29) is 17.2 Å². The number of carbonyl (C=O) groups excluding carboxylic acids is 1. The smallest absolute Gasteiger partial charge is 0.320 e. The van der Waals surface area contributed by atoms with Gasteiger partial charge in [0.15, 0.2) is 0 Å². The molecule has 0 fully saturated rings. The summed E-state index contributed by atoms with van der Waals surface area (Å²) in [5.41, 5.74) is 6.16. The second kappa shape index (κ2) is 12.1. The van der Waals surface area contributed by atoms with Crippen LogP contribution in [-0.2, 0) is 17.6 Å². The molecule has 1 aliphatic rings. The molecule has 0 heterocycles. The topological polar surface area (TPSA) is 53.5 Å². The van der Waals surface area contributed by atoms with E-state index < -0.39 is 0 Å². The van der Waals surface area contributed by atoms with Crippen molar-refractivity contribution in [3.63, 3.8) is 0 Å². The summed E-state index contributed by atoms with van der Waals surface area (Å²) in [5, 5.41) is 6.31. The molecule has 1 amide bonds. The van der Waals surface area contributed by atoms with Crippen molar-refractivity contribution in [3.8, 4) is 11.8 Å². The summed E-state index contributed by atoms with van der Waals surface area (Å²) in [6, 6.07) is 8.67. The number of hydrogen-bond acceptors (Lipinski definition) is 3. The fourth-order valence-electron chi connectivity index (χ4n) is 3.98. The number of fused-ring (bicyclic) bond motifs is 1. The minimum atomic E-state index is -0.193. The van der Waals surface area contributed by atoms with Crippen LogP contribution >= 0.6 is 0 Å². The number of benzene rings is 1. The molecule has 0 aromatic heterocycles. The molecule has 1 aromatic carbocycles. The molecule has 1 aliphatic carbocycles. The van der Waals surface area contributed by atoms with Crippen LogP contribution in [0.1, 0.15) is 37.3 Å². The summed E-state index contributed by atoms with van der Waals surface area (Å²) in [7, 11) is 5.56. The molecule has 1 unspecified atom stereocenters. The molecular weight excluding hydrogens is 369 g/mol. The van der Waals surface area contributed by atoms with Gasteiger partial charge < -0.3 is 5.32 Å². The molecule has 1 atom stereocenters. The summed E-state index contributed by atoms with van der Waals surface area (Å²) < 4.78 is 0. The van der Waals surface area contributed by atoms with Crippen LogP contribution in [0.5, 0.6) is 0 Å².